The van der Waals surface area contributed by atoms with Gasteiger partial charge in [-0.1, -0.05) is 30.9 Å². The summed E-state index contributed by atoms with van der Waals surface area (Å²) in [5, 5.41) is 6.89. The van der Waals surface area contributed by atoms with E-state index in [4.69, 9.17) is 11.6 Å². The van der Waals surface area contributed by atoms with E-state index in [2.05, 4.69) is 20.6 Å². The minimum atomic E-state index is -0.139. The fourth-order valence-electron chi connectivity index (χ4n) is 2.94. The van der Waals surface area contributed by atoms with E-state index in [1.165, 1.54) is 19.3 Å². The van der Waals surface area contributed by atoms with E-state index in [9.17, 15) is 4.79 Å². The van der Waals surface area contributed by atoms with Gasteiger partial charge in [0.1, 0.15) is 5.69 Å². The number of halogens is 1. The summed E-state index contributed by atoms with van der Waals surface area (Å²) in [5.74, 6) is 0.261. The first kappa shape index (κ1) is 16.7. The topological polar surface area (TPSA) is 66.9 Å². The van der Waals surface area contributed by atoms with Gasteiger partial charge in [0.25, 0.3) is 5.91 Å². The van der Waals surface area contributed by atoms with Crippen LogP contribution in [-0.4, -0.2) is 21.9 Å². The van der Waals surface area contributed by atoms with Crippen molar-refractivity contribution >= 4 is 29.1 Å². The molecule has 0 saturated heterocycles. The lowest BCUT2D eigenvalue weighted by atomic mass is 9.95. The van der Waals surface area contributed by atoms with Crippen molar-refractivity contribution in [1.29, 1.82) is 0 Å². The molecule has 6 heteroatoms. The molecule has 1 fully saturated rings. The molecule has 0 radical (unpaired) electrons. The Bertz CT molecular complexity index is 729. The van der Waals surface area contributed by atoms with Crippen LogP contribution >= 0.6 is 11.6 Å². The van der Waals surface area contributed by atoms with E-state index >= 15 is 0 Å². The van der Waals surface area contributed by atoms with Gasteiger partial charge >= 0.3 is 0 Å². The number of anilines is 2. The van der Waals surface area contributed by atoms with Gasteiger partial charge in [-0.3, -0.25) is 4.79 Å². The van der Waals surface area contributed by atoms with Crippen LogP contribution in [0.3, 0.4) is 0 Å². The van der Waals surface area contributed by atoms with Crippen LogP contribution < -0.4 is 10.6 Å². The highest BCUT2D eigenvalue weighted by Gasteiger charge is 2.17. The van der Waals surface area contributed by atoms with Crippen molar-refractivity contribution < 1.29 is 4.79 Å². The standard InChI is InChI=1S/C18H21ClN4O/c1-12-11-13(19)7-8-15(12)22-18-20-10-9-16(23-18)17(24)21-14-5-3-2-4-6-14/h7-11,14H,2-6H2,1H3,(H,21,24)(H,20,22,23). The molecule has 5 nitrogen and oxygen atoms in total. The average Bonchev–Trinajstić information content (AvgIpc) is 2.59. The van der Waals surface area contributed by atoms with E-state index in [1.54, 1.807) is 18.3 Å². The van der Waals surface area contributed by atoms with Crippen molar-refractivity contribution in [3.05, 3.63) is 46.7 Å². The van der Waals surface area contributed by atoms with E-state index in [0.717, 1.165) is 24.1 Å². The minimum Gasteiger partial charge on any atom is -0.348 e. The molecular formula is C18H21ClN4O. The molecule has 24 heavy (non-hydrogen) atoms. The number of aromatic nitrogens is 2. The third-order valence-corrected chi connectivity index (χ3v) is 4.50. The largest absolute Gasteiger partial charge is 0.348 e. The molecule has 1 aliphatic rings. The molecule has 126 valence electrons. The maximum absolute atomic E-state index is 12.4. The molecule has 3 rings (SSSR count). The quantitative estimate of drug-likeness (QED) is 0.870. The van der Waals surface area contributed by atoms with Gasteiger partial charge in [0.05, 0.1) is 0 Å². The smallest absolute Gasteiger partial charge is 0.270 e. The minimum absolute atomic E-state index is 0.139. The predicted molar refractivity (Wildman–Crippen MR) is 95.8 cm³/mol. The number of nitrogens with one attached hydrogen (secondary N) is 2. The van der Waals surface area contributed by atoms with Crippen molar-refractivity contribution in [3.8, 4) is 0 Å². The molecule has 0 bridgehead atoms. The first-order chi connectivity index (χ1) is 11.6. The summed E-state index contributed by atoms with van der Waals surface area (Å²) in [6, 6.07) is 7.43. The monoisotopic (exact) mass is 344 g/mol. The first-order valence-electron chi connectivity index (χ1n) is 8.29. The number of aryl methyl sites for hydroxylation is 1. The van der Waals surface area contributed by atoms with E-state index in [0.29, 0.717) is 16.7 Å². The van der Waals surface area contributed by atoms with Gasteiger partial charge in [0.15, 0.2) is 0 Å². The lowest BCUT2D eigenvalue weighted by Crippen LogP contribution is -2.36. The van der Waals surface area contributed by atoms with Gasteiger partial charge in [-0.25, -0.2) is 9.97 Å². The zero-order valence-corrected chi connectivity index (χ0v) is 14.4. The number of carbonyl (C=O) groups is 1. The predicted octanol–water partition coefficient (Wildman–Crippen LogP) is 4.24. The third-order valence-electron chi connectivity index (χ3n) is 4.26. The highest BCUT2D eigenvalue weighted by Crippen LogP contribution is 2.22. The van der Waals surface area contributed by atoms with Crippen LogP contribution in [0.1, 0.15) is 48.2 Å². The Balaban J connectivity index is 1.70. The number of benzene rings is 1. The molecule has 0 spiro atoms. The molecule has 2 aromatic rings. The zero-order valence-electron chi connectivity index (χ0n) is 13.7. The molecule has 1 saturated carbocycles. The van der Waals surface area contributed by atoms with Crippen molar-refractivity contribution in [2.24, 2.45) is 0 Å². The Kier molecular flexibility index (Phi) is 5.30. The van der Waals surface area contributed by atoms with Gasteiger partial charge in [0.2, 0.25) is 5.95 Å². The first-order valence-corrected chi connectivity index (χ1v) is 8.67. The van der Waals surface area contributed by atoms with Crippen molar-refractivity contribution in [2.45, 2.75) is 45.1 Å². The number of hydrogen-bond acceptors (Lipinski definition) is 4. The van der Waals surface area contributed by atoms with Crippen molar-refractivity contribution in [2.75, 3.05) is 5.32 Å². The van der Waals surface area contributed by atoms with Crippen LogP contribution in [0.5, 0.6) is 0 Å². The molecule has 1 heterocycles. The summed E-state index contributed by atoms with van der Waals surface area (Å²) in [6.07, 6.45) is 7.30. The fraction of sp³-hybridized carbons (Fsp3) is 0.389. The number of carbonyl (C=O) groups excluding carboxylic acids is 1. The highest BCUT2D eigenvalue weighted by molar-refractivity contribution is 6.30. The van der Waals surface area contributed by atoms with Gasteiger partial charge in [0, 0.05) is 22.9 Å². The van der Waals surface area contributed by atoms with Crippen LogP contribution in [-0.2, 0) is 0 Å². The Labute approximate surface area is 146 Å². The van der Waals surface area contributed by atoms with Crippen LogP contribution in [0, 0.1) is 6.92 Å². The molecule has 1 aromatic carbocycles. The van der Waals surface area contributed by atoms with Gasteiger partial charge in [-0.2, -0.15) is 0 Å². The van der Waals surface area contributed by atoms with Crippen LogP contribution in [0.4, 0.5) is 11.6 Å². The van der Waals surface area contributed by atoms with Crippen LogP contribution in [0.25, 0.3) is 0 Å². The van der Waals surface area contributed by atoms with E-state index < -0.39 is 0 Å². The molecule has 1 aromatic heterocycles. The second-order valence-corrected chi connectivity index (χ2v) is 6.59. The SMILES string of the molecule is Cc1cc(Cl)ccc1Nc1nccc(C(=O)NC2CCCCC2)n1. The van der Waals surface area contributed by atoms with Gasteiger partial charge in [-0.15, -0.1) is 0 Å². The summed E-state index contributed by atoms with van der Waals surface area (Å²) >= 11 is 5.97. The van der Waals surface area contributed by atoms with Crippen molar-refractivity contribution in [1.82, 2.24) is 15.3 Å². The summed E-state index contributed by atoms with van der Waals surface area (Å²) < 4.78 is 0. The van der Waals surface area contributed by atoms with Gasteiger partial charge in [-0.05, 0) is 49.6 Å². The van der Waals surface area contributed by atoms with E-state index in [-0.39, 0.29) is 11.9 Å². The maximum Gasteiger partial charge on any atom is 0.270 e. The zero-order chi connectivity index (χ0) is 16.9. The second-order valence-electron chi connectivity index (χ2n) is 6.16. The lowest BCUT2D eigenvalue weighted by molar-refractivity contribution is 0.0922. The number of rotatable bonds is 4. The summed E-state index contributed by atoms with van der Waals surface area (Å²) in [6.45, 7) is 1.95. The summed E-state index contributed by atoms with van der Waals surface area (Å²) in [4.78, 5) is 20.9. The lowest BCUT2D eigenvalue weighted by Gasteiger charge is -2.22. The van der Waals surface area contributed by atoms with Crippen molar-refractivity contribution in [3.63, 3.8) is 0 Å². The second kappa shape index (κ2) is 7.62. The molecule has 0 unspecified atom stereocenters. The Morgan fingerprint density at radius 3 is 2.75 bits per heavy atom. The third kappa shape index (κ3) is 4.23. The average molecular weight is 345 g/mol. The molecular weight excluding hydrogens is 324 g/mol. The fourth-order valence-corrected chi connectivity index (χ4v) is 3.17. The molecule has 2 N–H and O–H groups in total. The maximum atomic E-state index is 12.4. The molecule has 0 atom stereocenters. The summed E-state index contributed by atoms with van der Waals surface area (Å²) in [7, 11) is 0. The number of hydrogen-bond donors (Lipinski definition) is 2. The summed E-state index contributed by atoms with van der Waals surface area (Å²) in [5.41, 5.74) is 2.23. The highest BCUT2D eigenvalue weighted by atomic mass is 35.5. The van der Waals surface area contributed by atoms with Crippen LogP contribution in [0.15, 0.2) is 30.5 Å². The normalized spacial score (nSPS) is 15.1. The number of nitrogens with zero attached hydrogens (tertiary/aromatic N) is 2. The van der Waals surface area contributed by atoms with Gasteiger partial charge < -0.3 is 10.6 Å². The Hall–Kier alpha value is -2.14. The Morgan fingerprint density at radius 2 is 2.00 bits per heavy atom. The van der Waals surface area contributed by atoms with Crippen LogP contribution in [0.2, 0.25) is 5.02 Å². The molecule has 0 aliphatic heterocycles. The van der Waals surface area contributed by atoms with E-state index in [1.807, 2.05) is 19.1 Å². The molecule has 1 amide bonds. The number of amides is 1. The molecule has 1 aliphatic carbocycles. The Morgan fingerprint density at radius 1 is 1.21 bits per heavy atom.